The zero-order valence-electron chi connectivity index (χ0n) is 6.44. The van der Waals surface area contributed by atoms with E-state index in [1.54, 1.807) is 13.2 Å². The van der Waals surface area contributed by atoms with E-state index >= 15 is 0 Å². The maximum Gasteiger partial charge on any atom is 0.321 e. The first-order valence-electron chi connectivity index (χ1n) is 3.11. The molecule has 1 unspecified atom stereocenters. The lowest BCUT2D eigenvalue weighted by Gasteiger charge is -2.19. The highest BCUT2D eigenvalue weighted by Gasteiger charge is 2.37. The van der Waals surface area contributed by atoms with Crippen LogP contribution in [0.15, 0.2) is 16.7 Å². The predicted molar refractivity (Wildman–Crippen MR) is 45.2 cm³/mol. The minimum atomic E-state index is 0.00968. The van der Waals surface area contributed by atoms with Gasteiger partial charge in [0.1, 0.15) is 6.20 Å². The fourth-order valence-electron chi connectivity index (χ4n) is 0.776. The predicted octanol–water partition coefficient (Wildman–Crippen LogP) is 0.427. The molecule has 0 saturated heterocycles. The van der Waals surface area contributed by atoms with Crippen molar-refractivity contribution in [1.82, 2.24) is 0 Å². The Labute approximate surface area is 69.3 Å². The lowest BCUT2D eigenvalue weighted by molar-refractivity contribution is -0.676. The topological polar surface area (TPSA) is 55.5 Å². The van der Waals surface area contributed by atoms with Gasteiger partial charge >= 0.3 is 5.91 Å². The number of amides is 1. The lowest BCUT2D eigenvalue weighted by atomic mass is 10.5. The third-order valence-corrected chi connectivity index (χ3v) is 2.65. The average Bonchev–Trinajstić information content (AvgIpc) is 2.32. The van der Waals surface area contributed by atoms with Crippen LogP contribution in [0, 0.1) is 0 Å². The number of rotatable bonds is 0. The minimum Gasteiger partial charge on any atom is -0.317 e. The number of carbonyl (C=O) groups is 1. The van der Waals surface area contributed by atoms with E-state index in [0.717, 1.165) is 0 Å². The summed E-state index contributed by atoms with van der Waals surface area (Å²) in [6, 6.07) is 0. The maximum atomic E-state index is 11.1. The number of carbonyl (C=O) groups excluding carboxylic acids is 1. The Bertz CT molecular complexity index is 248. The molecule has 0 fully saturated rings. The van der Waals surface area contributed by atoms with Gasteiger partial charge in [0.05, 0.1) is 14.0 Å². The van der Waals surface area contributed by atoms with Gasteiger partial charge in [-0.3, -0.25) is 0 Å². The van der Waals surface area contributed by atoms with E-state index in [0.29, 0.717) is 5.17 Å². The summed E-state index contributed by atoms with van der Waals surface area (Å²) in [5, 5.41) is 5.95. The van der Waals surface area contributed by atoms with Crippen LogP contribution in [-0.4, -0.2) is 22.6 Å². The second kappa shape index (κ2) is 2.67. The van der Waals surface area contributed by atoms with Crippen molar-refractivity contribution in [1.29, 1.82) is 0 Å². The zero-order valence-corrected chi connectivity index (χ0v) is 7.26. The molecule has 0 spiro atoms. The van der Waals surface area contributed by atoms with E-state index < -0.39 is 0 Å². The van der Waals surface area contributed by atoms with Gasteiger partial charge < -0.3 is 5.84 Å². The van der Waals surface area contributed by atoms with E-state index in [-0.39, 0.29) is 10.4 Å². The van der Waals surface area contributed by atoms with E-state index in [9.17, 15) is 4.79 Å². The van der Waals surface area contributed by atoms with Gasteiger partial charge in [-0.15, -0.1) is 5.10 Å². The molecule has 1 heterocycles. The van der Waals surface area contributed by atoms with Crippen LogP contribution in [0.1, 0.15) is 6.92 Å². The molecule has 0 aromatic heterocycles. The molecule has 1 amide bonds. The van der Waals surface area contributed by atoms with Crippen molar-refractivity contribution >= 4 is 22.8 Å². The van der Waals surface area contributed by atoms with Crippen molar-refractivity contribution in [3.63, 3.8) is 0 Å². The highest BCUT2D eigenvalue weighted by Crippen LogP contribution is 2.25. The molecule has 0 aromatic rings. The number of hydrogen-bond donors (Lipinski definition) is 1. The van der Waals surface area contributed by atoms with Gasteiger partial charge in [0.2, 0.25) is 0 Å². The van der Waals surface area contributed by atoms with E-state index in [1.807, 2.05) is 5.41 Å². The Balaban J connectivity index is 3.02. The second-order valence-corrected chi connectivity index (χ2v) is 3.28. The molecular formula is C6H10N3OS+. The molecule has 2 N–H and O–H groups in total. The van der Waals surface area contributed by atoms with Crippen LogP contribution in [-0.2, 0) is 4.79 Å². The monoisotopic (exact) mass is 172 g/mol. The quantitative estimate of drug-likeness (QED) is 0.327. The molecule has 0 aliphatic carbocycles. The van der Waals surface area contributed by atoms with Crippen LogP contribution >= 0.6 is 11.8 Å². The first-order chi connectivity index (χ1) is 5.11. The van der Waals surface area contributed by atoms with E-state index in [4.69, 9.17) is 5.84 Å². The molecule has 60 valence electrons. The summed E-state index contributed by atoms with van der Waals surface area (Å²) in [6.07, 6.45) is 1.76. The number of nitrogens with two attached hydrogens (primary N) is 1. The van der Waals surface area contributed by atoms with Crippen molar-refractivity contribution in [2.24, 2.45) is 10.9 Å². The van der Waals surface area contributed by atoms with Gasteiger partial charge in [0.15, 0.2) is 0 Å². The normalized spacial score (nSPS) is 33.1. The summed E-state index contributed by atoms with van der Waals surface area (Å²) < 4.78 is 0.0845. The van der Waals surface area contributed by atoms with Crippen molar-refractivity contribution in [2.75, 3.05) is 7.05 Å². The summed E-state index contributed by atoms with van der Waals surface area (Å²) in [7, 11) is 1.75. The Morgan fingerprint density at radius 1 is 1.82 bits per heavy atom. The minimum absolute atomic E-state index is 0.00968. The number of nitrogens with zero attached hydrogens (tertiary/aromatic N) is 2. The molecular weight excluding hydrogens is 162 g/mol. The van der Waals surface area contributed by atoms with Gasteiger partial charge in [-0.1, -0.05) is 0 Å². The summed E-state index contributed by atoms with van der Waals surface area (Å²) >= 11 is 1.37. The van der Waals surface area contributed by atoms with Gasteiger partial charge in [0, 0.05) is 5.41 Å². The van der Waals surface area contributed by atoms with Crippen LogP contribution in [0.3, 0.4) is 0 Å². The molecule has 5 heteroatoms. The van der Waals surface area contributed by atoms with Crippen molar-refractivity contribution in [3.8, 4) is 0 Å². The molecule has 0 radical (unpaired) electrons. The highest BCUT2D eigenvalue weighted by atomic mass is 32.2. The van der Waals surface area contributed by atoms with Crippen molar-refractivity contribution in [2.45, 2.75) is 6.92 Å². The largest absolute Gasteiger partial charge is 0.321 e. The zero-order chi connectivity index (χ0) is 8.48. The Morgan fingerprint density at radius 2 is 2.45 bits per heavy atom. The van der Waals surface area contributed by atoms with Crippen molar-refractivity contribution in [3.05, 3.63) is 11.6 Å². The number of thioether (sulfide) groups is 1. The van der Waals surface area contributed by atoms with Crippen LogP contribution in [0.2, 0.25) is 0 Å². The van der Waals surface area contributed by atoms with Crippen LogP contribution in [0.25, 0.3) is 0 Å². The van der Waals surface area contributed by atoms with Crippen LogP contribution in [0.5, 0.6) is 0 Å². The van der Waals surface area contributed by atoms with E-state index in [2.05, 4.69) is 5.10 Å². The summed E-state index contributed by atoms with van der Waals surface area (Å²) in [6.45, 7) is 1.52. The van der Waals surface area contributed by atoms with Gasteiger partial charge in [-0.25, -0.2) is 4.79 Å². The molecule has 11 heavy (non-hydrogen) atoms. The standard InChI is InChI=1S/C6H10N3OS/c1-5(10)9(2)3-4-11-6(9)8-7/h3-4H,7H2,1-2H3/q+1. The lowest BCUT2D eigenvalue weighted by Crippen LogP contribution is -2.44. The Morgan fingerprint density at radius 3 is 2.82 bits per heavy atom. The molecule has 0 bridgehead atoms. The summed E-state index contributed by atoms with van der Waals surface area (Å²) in [5.74, 6) is 5.12. The summed E-state index contributed by atoms with van der Waals surface area (Å²) in [4.78, 5) is 11.1. The first-order valence-corrected chi connectivity index (χ1v) is 3.99. The van der Waals surface area contributed by atoms with Crippen molar-refractivity contribution < 1.29 is 9.28 Å². The number of amidine groups is 1. The number of quaternary nitrogens is 1. The maximum absolute atomic E-state index is 11.1. The Hall–Kier alpha value is -0.810. The highest BCUT2D eigenvalue weighted by molar-refractivity contribution is 8.16. The average molecular weight is 172 g/mol. The number of hydrogen-bond acceptors (Lipinski definition) is 4. The second-order valence-electron chi connectivity index (χ2n) is 2.41. The molecule has 1 rings (SSSR count). The first kappa shape index (κ1) is 8.29. The molecule has 1 aliphatic rings. The molecule has 1 aliphatic heterocycles. The van der Waals surface area contributed by atoms with Crippen LogP contribution < -0.4 is 5.84 Å². The number of hydrazone groups is 1. The van der Waals surface area contributed by atoms with Gasteiger partial charge in [0.25, 0.3) is 5.17 Å². The fraction of sp³-hybridized carbons (Fsp3) is 0.333. The summed E-state index contributed by atoms with van der Waals surface area (Å²) in [5.41, 5.74) is 0. The van der Waals surface area contributed by atoms with Gasteiger partial charge in [-0.05, 0) is 11.8 Å². The molecule has 0 saturated carbocycles. The molecule has 1 atom stereocenters. The molecule has 4 nitrogen and oxygen atoms in total. The molecule has 0 aromatic carbocycles. The van der Waals surface area contributed by atoms with E-state index in [1.165, 1.54) is 18.7 Å². The third-order valence-electron chi connectivity index (χ3n) is 1.69. The Kier molecular flexibility index (Phi) is 2.01. The third kappa shape index (κ3) is 1.17. The van der Waals surface area contributed by atoms with Crippen LogP contribution in [0.4, 0.5) is 0 Å². The fourth-order valence-corrected chi connectivity index (χ4v) is 1.67. The smallest absolute Gasteiger partial charge is 0.317 e. The van der Waals surface area contributed by atoms with Gasteiger partial charge in [-0.2, -0.15) is 4.48 Å². The SMILES string of the molecule is CC(=O)[N+]1(C)C=CSC1=NN.